The van der Waals surface area contributed by atoms with Gasteiger partial charge in [-0.1, -0.05) is 12.1 Å². The maximum absolute atomic E-state index is 13.8. The predicted octanol–water partition coefficient (Wildman–Crippen LogP) is 3.85. The van der Waals surface area contributed by atoms with Crippen molar-refractivity contribution in [2.24, 2.45) is 0 Å². The Morgan fingerprint density at radius 2 is 1.74 bits per heavy atom. The number of halogens is 3. The first-order valence-electron chi connectivity index (χ1n) is 12.0. The number of carbonyl (C=O) groups is 1. The first-order chi connectivity index (χ1) is 18.2. The molecule has 4 aromatic rings. The number of benzene rings is 3. The molecule has 4 N–H and O–H groups in total. The summed E-state index contributed by atoms with van der Waals surface area (Å²) in [4.78, 5) is 25.1. The SMILES string of the molecule is Cc1cc(=O)n(-c2ccc(C(=O)NC(Cc3cc(F)cc(F)c3)C(O)CNCc3cccc(I)c3)cc2)[nH]1. The topological polar surface area (TPSA) is 99.2 Å². The van der Waals surface area contributed by atoms with Crippen LogP contribution in [0.1, 0.15) is 27.2 Å². The van der Waals surface area contributed by atoms with Crippen molar-refractivity contribution >= 4 is 28.5 Å². The van der Waals surface area contributed by atoms with Crippen LogP contribution in [-0.4, -0.2) is 39.5 Å². The molecule has 0 aliphatic heterocycles. The average molecular weight is 632 g/mol. The van der Waals surface area contributed by atoms with E-state index in [1.165, 1.54) is 22.9 Å². The van der Waals surface area contributed by atoms with E-state index < -0.39 is 29.7 Å². The van der Waals surface area contributed by atoms with E-state index in [-0.39, 0.29) is 18.5 Å². The second-order valence-electron chi connectivity index (χ2n) is 9.05. The standard InChI is InChI=1S/C28H27F2IN4O3/c1-17-9-27(37)35(34-17)24-7-5-20(6-8-24)28(38)33-25(13-19-10-21(29)14-22(30)11-19)26(36)16-32-15-18-3-2-4-23(31)12-18/h2-12,14,25-26,32,34,36H,13,15-16H2,1H3,(H,33,38). The molecule has 1 amide bonds. The third-order valence-electron chi connectivity index (χ3n) is 5.97. The highest BCUT2D eigenvalue weighted by Crippen LogP contribution is 2.14. The van der Waals surface area contributed by atoms with E-state index in [9.17, 15) is 23.5 Å². The molecule has 7 nitrogen and oxygen atoms in total. The molecular weight excluding hydrogens is 605 g/mol. The molecule has 2 unspecified atom stereocenters. The molecule has 0 radical (unpaired) electrons. The summed E-state index contributed by atoms with van der Waals surface area (Å²) in [5, 5.41) is 19.9. The maximum Gasteiger partial charge on any atom is 0.271 e. The number of hydrogen-bond donors (Lipinski definition) is 4. The summed E-state index contributed by atoms with van der Waals surface area (Å²) < 4.78 is 30.1. The lowest BCUT2D eigenvalue weighted by Gasteiger charge is -2.25. The van der Waals surface area contributed by atoms with Crippen molar-refractivity contribution in [3.63, 3.8) is 0 Å². The van der Waals surface area contributed by atoms with Gasteiger partial charge in [-0.3, -0.25) is 14.7 Å². The highest BCUT2D eigenvalue weighted by Gasteiger charge is 2.23. The Hall–Kier alpha value is -3.35. The van der Waals surface area contributed by atoms with Crippen LogP contribution in [0.25, 0.3) is 5.69 Å². The Balaban J connectivity index is 1.47. The highest BCUT2D eigenvalue weighted by molar-refractivity contribution is 14.1. The van der Waals surface area contributed by atoms with Gasteiger partial charge in [-0.05, 0) is 95.6 Å². The molecule has 10 heteroatoms. The average Bonchev–Trinajstić information content (AvgIpc) is 3.20. The number of amides is 1. The normalized spacial score (nSPS) is 12.8. The lowest BCUT2D eigenvalue weighted by atomic mass is 10.00. The largest absolute Gasteiger partial charge is 0.390 e. The van der Waals surface area contributed by atoms with Crippen LogP contribution in [0.4, 0.5) is 8.78 Å². The predicted molar refractivity (Wildman–Crippen MR) is 149 cm³/mol. The van der Waals surface area contributed by atoms with Gasteiger partial charge < -0.3 is 15.7 Å². The fourth-order valence-corrected chi connectivity index (χ4v) is 4.75. The number of nitrogens with one attached hydrogen (secondary N) is 3. The van der Waals surface area contributed by atoms with Gasteiger partial charge in [0.1, 0.15) is 11.6 Å². The van der Waals surface area contributed by atoms with Crippen molar-refractivity contribution < 1.29 is 18.7 Å². The molecule has 198 valence electrons. The number of aliphatic hydroxyl groups is 1. The van der Waals surface area contributed by atoms with Crippen molar-refractivity contribution in [3.05, 3.63) is 121 Å². The van der Waals surface area contributed by atoms with E-state index in [2.05, 4.69) is 38.3 Å². The first kappa shape index (κ1) is 27.7. The molecule has 38 heavy (non-hydrogen) atoms. The van der Waals surface area contributed by atoms with Gasteiger partial charge >= 0.3 is 0 Å². The molecule has 0 aliphatic rings. The first-order valence-corrected chi connectivity index (χ1v) is 13.0. The van der Waals surface area contributed by atoms with Gasteiger partial charge in [0.15, 0.2) is 0 Å². The number of aryl methyl sites for hydroxylation is 1. The second kappa shape index (κ2) is 12.5. The summed E-state index contributed by atoms with van der Waals surface area (Å²) in [5.74, 6) is -1.94. The van der Waals surface area contributed by atoms with Crippen LogP contribution < -0.4 is 16.2 Å². The number of carbonyl (C=O) groups excluding carboxylic acids is 1. The van der Waals surface area contributed by atoms with E-state index in [4.69, 9.17) is 0 Å². The molecule has 0 spiro atoms. The number of H-pyrrole nitrogens is 1. The number of rotatable bonds is 10. The van der Waals surface area contributed by atoms with Crippen LogP contribution >= 0.6 is 22.6 Å². The molecule has 0 saturated heterocycles. The Morgan fingerprint density at radius 1 is 1.03 bits per heavy atom. The van der Waals surface area contributed by atoms with E-state index in [1.807, 2.05) is 24.3 Å². The lowest BCUT2D eigenvalue weighted by Crippen LogP contribution is -2.48. The third-order valence-corrected chi connectivity index (χ3v) is 6.64. The fourth-order valence-electron chi connectivity index (χ4n) is 4.14. The van der Waals surface area contributed by atoms with Crippen LogP contribution in [0.3, 0.4) is 0 Å². The number of aromatic amines is 1. The van der Waals surface area contributed by atoms with E-state index in [0.29, 0.717) is 29.1 Å². The molecule has 3 aromatic carbocycles. The third kappa shape index (κ3) is 7.36. The monoisotopic (exact) mass is 632 g/mol. The van der Waals surface area contributed by atoms with E-state index in [0.717, 1.165) is 15.2 Å². The van der Waals surface area contributed by atoms with Crippen molar-refractivity contribution in [2.75, 3.05) is 6.54 Å². The molecule has 1 heterocycles. The van der Waals surface area contributed by atoms with Crippen LogP contribution in [0.15, 0.2) is 77.6 Å². The van der Waals surface area contributed by atoms with Crippen molar-refractivity contribution in [1.82, 2.24) is 20.4 Å². The molecule has 0 bridgehead atoms. The van der Waals surface area contributed by atoms with Crippen LogP contribution in [0.5, 0.6) is 0 Å². The quantitative estimate of drug-likeness (QED) is 0.200. The molecule has 0 saturated carbocycles. The summed E-state index contributed by atoms with van der Waals surface area (Å²) in [5.41, 5.74) is 2.70. The molecule has 1 aromatic heterocycles. The summed E-state index contributed by atoms with van der Waals surface area (Å²) in [6.07, 6.45) is -1.03. The molecule has 4 rings (SSSR count). The van der Waals surface area contributed by atoms with Crippen LogP contribution in [0.2, 0.25) is 0 Å². The van der Waals surface area contributed by atoms with E-state index >= 15 is 0 Å². The zero-order valence-corrected chi connectivity index (χ0v) is 22.7. The van der Waals surface area contributed by atoms with Crippen LogP contribution in [0, 0.1) is 22.1 Å². The zero-order valence-electron chi connectivity index (χ0n) is 20.5. The minimum Gasteiger partial charge on any atom is -0.390 e. The molecule has 0 aliphatic carbocycles. The number of nitrogens with zero attached hydrogens (tertiary/aromatic N) is 1. The maximum atomic E-state index is 13.8. The van der Waals surface area contributed by atoms with Gasteiger partial charge in [0.05, 0.1) is 17.8 Å². The van der Waals surface area contributed by atoms with Gasteiger partial charge in [-0.15, -0.1) is 0 Å². The van der Waals surface area contributed by atoms with Crippen LogP contribution in [-0.2, 0) is 13.0 Å². The second-order valence-corrected chi connectivity index (χ2v) is 10.3. The minimum absolute atomic E-state index is 0.0156. The summed E-state index contributed by atoms with van der Waals surface area (Å²) in [6.45, 7) is 2.41. The number of hydrogen-bond acceptors (Lipinski definition) is 4. The Labute approximate surface area is 232 Å². The smallest absolute Gasteiger partial charge is 0.271 e. The summed E-state index contributed by atoms with van der Waals surface area (Å²) >= 11 is 2.22. The zero-order chi connectivity index (χ0) is 27.2. The van der Waals surface area contributed by atoms with Crippen molar-refractivity contribution in [2.45, 2.75) is 32.0 Å². The molecule has 2 atom stereocenters. The Bertz CT molecular complexity index is 1450. The Kier molecular flexibility index (Phi) is 9.08. The summed E-state index contributed by atoms with van der Waals surface area (Å²) in [6, 6.07) is 18.0. The Morgan fingerprint density at radius 3 is 2.37 bits per heavy atom. The molecular formula is C28H27F2IN4O3. The molecule has 0 fully saturated rings. The van der Waals surface area contributed by atoms with Crippen molar-refractivity contribution in [1.29, 1.82) is 0 Å². The van der Waals surface area contributed by atoms with Gasteiger partial charge in [-0.25, -0.2) is 13.5 Å². The van der Waals surface area contributed by atoms with Gasteiger partial charge in [0.25, 0.3) is 11.5 Å². The van der Waals surface area contributed by atoms with Gasteiger partial charge in [-0.2, -0.15) is 0 Å². The number of aliphatic hydroxyl groups excluding tert-OH is 1. The highest BCUT2D eigenvalue weighted by atomic mass is 127. The van der Waals surface area contributed by atoms with Gasteiger partial charge in [0.2, 0.25) is 0 Å². The minimum atomic E-state index is -1.05. The number of aromatic nitrogens is 2. The van der Waals surface area contributed by atoms with Crippen molar-refractivity contribution in [3.8, 4) is 5.69 Å². The lowest BCUT2D eigenvalue weighted by molar-refractivity contribution is 0.0830. The van der Waals surface area contributed by atoms with Gasteiger partial charge in [0, 0.05) is 40.0 Å². The van der Waals surface area contributed by atoms with E-state index in [1.54, 1.807) is 31.2 Å². The fraction of sp³-hybridized carbons (Fsp3) is 0.214. The summed E-state index contributed by atoms with van der Waals surface area (Å²) in [7, 11) is 0.